The number of hydrogen-bond acceptors (Lipinski definition) is 3. The van der Waals surface area contributed by atoms with E-state index in [1.807, 2.05) is 20.8 Å². The molecular formula is C13H23NO4. The van der Waals surface area contributed by atoms with Gasteiger partial charge in [-0.3, -0.25) is 9.59 Å². The smallest absolute Gasteiger partial charge is 0.323 e. The monoisotopic (exact) mass is 257 g/mol. The van der Waals surface area contributed by atoms with E-state index in [1.54, 1.807) is 0 Å². The number of nitrogens with zero attached hydrogens (tertiary/aromatic N) is 1. The van der Waals surface area contributed by atoms with Gasteiger partial charge in [0.25, 0.3) is 0 Å². The quantitative estimate of drug-likeness (QED) is 0.780. The van der Waals surface area contributed by atoms with Gasteiger partial charge in [-0.2, -0.15) is 0 Å². The fraction of sp³-hybridized carbons (Fsp3) is 0.846. The van der Waals surface area contributed by atoms with Gasteiger partial charge in [-0.05, 0) is 18.8 Å². The summed E-state index contributed by atoms with van der Waals surface area (Å²) in [4.78, 5) is 24.7. The molecule has 1 amide bonds. The first kappa shape index (κ1) is 15.0. The molecule has 1 N–H and O–H groups in total. The van der Waals surface area contributed by atoms with E-state index in [4.69, 9.17) is 9.84 Å². The standard InChI is InChI=1S/C13H23NO4/c1-4-11-10(5-6-18-11)13(17)14(7-9(2)3)8-12(15)16/h9-11H,4-8H2,1-3H3,(H,15,16). The summed E-state index contributed by atoms with van der Waals surface area (Å²) in [5.74, 6) is -0.949. The van der Waals surface area contributed by atoms with Gasteiger partial charge in [-0.25, -0.2) is 0 Å². The van der Waals surface area contributed by atoms with Crippen molar-refractivity contribution < 1.29 is 19.4 Å². The van der Waals surface area contributed by atoms with Crippen LogP contribution in [0.15, 0.2) is 0 Å². The molecule has 1 heterocycles. The number of carbonyl (C=O) groups is 2. The Morgan fingerprint density at radius 3 is 2.61 bits per heavy atom. The van der Waals surface area contributed by atoms with E-state index in [0.717, 1.165) is 6.42 Å². The normalized spacial score (nSPS) is 23.3. The molecule has 0 bridgehead atoms. The molecule has 104 valence electrons. The largest absolute Gasteiger partial charge is 0.480 e. The number of rotatable bonds is 6. The van der Waals surface area contributed by atoms with Crippen molar-refractivity contribution in [3.8, 4) is 0 Å². The summed E-state index contributed by atoms with van der Waals surface area (Å²) in [6.45, 7) is 6.80. The third-order valence-corrected chi connectivity index (χ3v) is 3.15. The summed E-state index contributed by atoms with van der Waals surface area (Å²) in [6, 6.07) is 0. The molecule has 1 aliphatic heterocycles. The summed E-state index contributed by atoms with van der Waals surface area (Å²) >= 11 is 0. The van der Waals surface area contributed by atoms with Crippen molar-refractivity contribution in [3.63, 3.8) is 0 Å². The second-order valence-electron chi connectivity index (χ2n) is 5.22. The van der Waals surface area contributed by atoms with E-state index < -0.39 is 5.97 Å². The Kier molecular flexibility index (Phi) is 5.59. The van der Waals surface area contributed by atoms with Crippen LogP contribution in [0, 0.1) is 11.8 Å². The third kappa shape index (κ3) is 3.98. The summed E-state index contributed by atoms with van der Waals surface area (Å²) < 4.78 is 5.50. The zero-order valence-corrected chi connectivity index (χ0v) is 11.4. The topological polar surface area (TPSA) is 66.8 Å². The lowest BCUT2D eigenvalue weighted by Crippen LogP contribution is -2.43. The van der Waals surface area contributed by atoms with E-state index in [9.17, 15) is 9.59 Å². The first-order chi connectivity index (χ1) is 8.45. The molecule has 1 saturated heterocycles. The van der Waals surface area contributed by atoms with Crippen molar-refractivity contribution >= 4 is 11.9 Å². The van der Waals surface area contributed by atoms with E-state index in [-0.39, 0.29) is 30.4 Å². The number of carboxylic acid groups (broad SMARTS) is 1. The van der Waals surface area contributed by atoms with Crippen molar-refractivity contribution in [1.29, 1.82) is 0 Å². The van der Waals surface area contributed by atoms with Crippen LogP contribution >= 0.6 is 0 Å². The van der Waals surface area contributed by atoms with Crippen LogP contribution in [-0.2, 0) is 14.3 Å². The summed E-state index contributed by atoms with van der Waals surface area (Å²) in [7, 11) is 0. The Morgan fingerprint density at radius 2 is 2.11 bits per heavy atom. The SMILES string of the molecule is CCC1OCCC1C(=O)N(CC(=O)O)CC(C)C. The highest BCUT2D eigenvalue weighted by atomic mass is 16.5. The molecule has 5 nitrogen and oxygen atoms in total. The predicted octanol–water partition coefficient (Wildman–Crippen LogP) is 1.37. The molecule has 1 aliphatic rings. The van der Waals surface area contributed by atoms with Crippen LogP contribution in [0.2, 0.25) is 0 Å². The number of amides is 1. The fourth-order valence-corrected chi connectivity index (χ4v) is 2.40. The number of carbonyl (C=O) groups excluding carboxylic acids is 1. The average molecular weight is 257 g/mol. The van der Waals surface area contributed by atoms with Crippen molar-refractivity contribution in [2.45, 2.75) is 39.7 Å². The van der Waals surface area contributed by atoms with Crippen LogP contribution in [0.5, 0.6) is 0 Å². The predicted molar refractivity (Wildman–Crippen MR) is 67.2 cm³/mol. The van der Waals surface area contributed by atoms with Crippen molar-refractivity contribution in [1.82, 2.24) is 4.90 Å². The van der Waals surface area contributed by atoms with Gasteiger partial charge in [-0.15, -0.1) is 0 Å². The molecule has 0 aliphatic carbocycles. The minimum absolute atomic E-state index is 0.0547. The maximum absolute atomic E-state index is 12.4. The van der Waals surface area contributed by atoms with Crippen LogP contribution in [0.3, 0.4) is 0 Å². The molecule has 0 aromatic rings. The Bertz CT molecular complexity index is 303. The summed E-state index contributed by atoms with van der Waals surface area (Å²) in [5.41, 5.74) is 0. The van der Waals surface area contributed by atoms with Gasteiger partial charge in [0.15, 0.2) is 0 Å². The van der Waals surface area contributed by atoms with Crippen LogP contribution in [-0.4, -0.2) is 47.7 Å². The van der Waals surface area contributed by atoms with Crippen molar-refractivity contribution in [3.05, 3.63) is 0 Å². The maximum Gasteiger partial charge on any atom is 0.323 e. The molecule has 2 unspecified atom stereocenters. The second-order valence-corrected chi connectivity index (χ2v) is 5.22. The lowest BCUT2D eigenvalue weighted by molar-refractivity contribution is -0.147. The van der Waals surface area contributed by atoms with Crippen LogP contribution in [0.4, 0.5) is 0 Å². The number of ether oxygens (including phenoxy) is 1. The molecule has 0 saturated carbocycles. The first-order valence-electron chi connectivity index (χ1n) is 6.57. The second kappa shape index (κ2) is 6.73. The van der Waals surface area contributed by atoms with Gasteiger partial charge in [0.1, 0.15) is 6.54 Å². The first-order valence-corrected chi connectivity index (χ1v) is 6.57. The van der Waals surface area contributed by atoms with Crippen molar-refractivity contribution in [2.75, 3.05) is 19.7 Å². The highest BCUT2D eigenvalue weighted by Gasteiger charge is 2.36. The lowest BCUT2D eigenvalue weighted by atomic mass is 9.97. The zero-order chi connectivity index (χ0) is 13.7. The van der Waals surface area contributed by atoms with Gasteiger partial charge >= 0.3 is 5.97 Å². The van der Waals surface area contributed by atoms with Gasteiger partial charge in [0.2, 0.25) is 5.91 Å². The maximum atomic E-state index is 12.4. The molecule has 18 heavy (non-hydrogen) atoms. The minimum atomic E-state index is -0.962. The lowest BCUT2D eigenvalue weighted by Gasteiger charge is -2.27. The number of aliphatic carboxylic acids is 1. The van der Waals surface area contributed by atoms with Gasteiger partial charge in [0, 0.05) is 13.2 Å². The Balaban J connectivity index is 2.71. The van der Waals surface area contributed by atoms with Crippen molar-refractivity contribution in [2.24, 2.45) is 11.8 Å². The van der Waals surface area contributed by atoms with E-state index in [2.05, 4.69) is 0 Å². The Morgan fingerprint density at radius 1 is 1.44 bits per heavy atom. The molecule has 1 rings (SSSR count). The highest BCUT2D eigenvalue weighted by molar-refractivity contribution is 5.83. The van der Waals surface area contributed by atoms with Gasteiger partial charge < -0.3 is 14.7 Å². The van der Waals surface area contributed by atoms with E-state index >= 15 is 0 Å². The minimum Gasteiger partial charge on any atom is -0.480 e. The molecule has 5 heteroatoms. The molecule has 0 spiro atoms. The Labute approximate surface area is 108 Å². The molecule has 0 aromatic heterocycles. The number of carboxylic acids is 1. The summed E-state index contributed by atoms with van der Waals surface area (Å²) in [5, 5.41) is 8.89. The Hall–Kier alpha value is -1.10. The third-order valence-electron chi connectivity index (χ3n) is 3.15. The van der Waals surface area contributed by atoms with E-state index in [0.29, 0.717) is 19.6 Å². The highest BCUT2D eigenvalue weighted by Crippen LogP contribution is 2.25. The van der Waals surface area contributed by atoms with Gasteiger partial charge in [0.05, 0.1) is 12.0 Å². The molecule has 2 atom stereocenters. The number of hydrogen-bond donors (Lipinski definition) is 1. The van der Waals surface area contributed by atoms with Crippen LogP contribution < -0.4 is 0 Å². The molecule has 0 aromatic carbocycles. The molecular weight excluding hydrogens is 234 g/mol. The fourth-order valence-electron chi connectivity index (χ4n) is 2.40. The van der Waals surface area contributed by atoms with Crippen LogP contribution in [0.25, 0.3) is 0 Å². The molecule has 0 radical (unpaired) electrons. The van der Waals surface area contributed by atoms with E-state index in [1.165, 1.54) is 4.90 Å². The molecule has 1 fully saturated rings. The summed E-state index contributed by atoms with van der Waals surface area (Å²) in [6.07, 6.45) is 1.44. The van der Waals surface area contributed by atoms with Gasteiger partial charge in [-0.1, -0.05) is 20.8 Å². The zero-order valence-electron chi connectivity index (χ0n) is 11.4. The van der Waals surface area contributed by atoms with Crippen LogP contribution in [0.1, 0.15) is 33.6 Å². The average Bonchev–Trinajstić information content (AvgIpc) is 2.73.